The van der Waals surface area contributed by atoms with E-state index in [1.165, 1.54) is 5.54 Å². The van der Waals surface area contributed by atoms with E-state index in [1.807, 2.05) is 31.2 Å². The third-order valence-electron chi connectivity index (χ3n) is 2.30. The highest BCUT2D eigenvalue weighted by atomic mass is 35.5. The molecule has 84 valence electrons. The Morgan fingerprint density at radius 3 is 2.50 bits per heavy atom. The number of allylic oxidation sites excluding steroid dienone is 1. The summed E-state index contributed by atoms with van der Waals surface area (Å²) in [5.74, 6) is -0.610. The number of rotatable bonds is 4. The maximum atomic E-state index is 10.7. The zero-order valence-corrected chi connectivity index (χ0v) is 9.70. The number of carbonyl (C=O) groups is 1. The third-order valence-corrected chi connectivity index (χ3v) is 2.63. The van der Waals surface area contributed by atoms with E-state index >= 15 is 0 Å². The van der Waals surface area contributed by atoms with E-state index in [0.29, 0.717) is 6.42 Å². The summed E-state index contributed by atoms with van der Waals surface area (Å²) in [6, 6.07) is 7.69. The van der Waals surface area contributed by atoms with Gasteiger partial charge in [-0.15, -0.1) is 4.91 Å². The van der Waals surface area contributed by atoms with Gasteiger partial charge in [-0.2, -0.15) is 0 Å². The lowest BCUT2D eigenvalue weighted by molar-refractivity contribution is -0.117. The summed E-state index contributed by atoms with van der Waals surface area (Å²) in [5, 5.41) is 2.35. The molecule has 0 fully saturated rings. The second-order valence-electron chi connectivity index (χ2n) is 3.47. The number of carbonyl (C=O) groups excluding carboxylic acids is 1. The van der Waals surface area contributed by atoms with Crippen LogP contribution in [0.3, 0.4) is 0 Å². The summed E-state index contributed by atoms with van der Waals surface area (Å²) in [5.41, 5.74) is 4.55. The predicted molar refractivity (Wildman–Crippen MR) is 65.1 cm³/mol. The van der Waals surface area contributed by atoms with Crippen LogP contribution in [0.2, 0.25) is 0 Å². The van der Waals surface area contributed by atoms with Crippen LogP contribution in [0.1, 0.15) is 24.5 Å². The Labute approximate surface area is 99.1 Å². The van der Waals surface area contributed by atoms with Crippen LogP contribution < -0.4 is 0 Å². The number of benzene rings is 1. The van der Waals surface area contributed by atoms with Gasteiger partial charge in [0.25, 0.3) is 5.91 Å². The summed E-state index contributed by atoms with van der Waals surface area (Å²) in [6.07, 6.45) is 0.696. The van der Waals surface area contributed by atoms with Crippen molar-refractivity contribution in [2.75, 3.05) is 0 Å². The Kier molecular flexibility index (Phi) is 4.86. The molecule has 0 saturated carbocycles. The SMILES string of the molecule is C/C(=C/Cl)c1ccc(CCC(=O)N=O)cc1. The monoisotopic (exact) mass is 237 g/mol. The van der Waals surface area contributed by atoms with E-state index in [9.17, 15) is 9.70 Å². The molecule has 3 nitrogen and oxygen atoms in total. The van der Waals surface area contributed by atoms with Crippen LogP contribution in [0.15, 0.2) is 35.0 Å². The minimum absolute atomic E-state index is 0.160. The molecule has 0 aliphatic rings. The largest absolute Gasteiger partial charge is 0.286 e. The standard InChI is InChI=1S/C12H12ClNO2/c1-9(8-13)11-5-2-10(3-6-11)4-7-12(15)14-16/h2-3,5-6,8H,4,7H2,1H3/b9-8-. The molecular formula is C12H12ClNO2. The lowest BCUT2D eigenvalue weighted by Gasteiger charge is -2.02. The van der Waals surface area contributed by atoms with E-state index in [1.54, 1.807) is 0 Å². The van der Waals surface area contributed by atoms with Crippen molar-refractivity contribution in [2.24, 2.45) is 5.18 Å². The average Bonchev–Trinajstić information content (AvgIpc) is 2.35. The molecule has 0 aliphatic carbocycles. The van der Waals surface area contributed by atoms with Gasteiger partial charge in [0.2, 0.25) is 0 Å². The number of hydrogen-bond donors (Lipinski definition) is 0. The maximum Gasteiger partial charge on any atom is 0.286 e. The summed E-state index contributed by atoms with van der Waals surface area (Å²) >= 11 is 5.59. The second kappa shape index (κ2) is 6.18. The highest BCUT2D eigenvalue weighted by molar-refractivity contribution is 6.28. The zero-order chi connectivity index (χ0) is 12.0. The Hall–Kier alpha value is -1.48. The van der Waals surface area contributed by atoms with Gasteiger partial charge in [-0.1, -0.05) is 35.9 Å². The third kappa shape index (κ3) is 3.59. The molecule has 0 heterocycles. The molecule has 0 atom stereocenters. The van der Waals surface area contributed by atoms with Gasteiger partial charge in [0.1, 0.15) is 0 Å². The minimum Gasteiger partial charge on any atom is -0.269 e. The molecule has 0 aromatic heterocycles. The van der Waals surface area contributed by atoms with Crippen molar-refractivity contribution in [3.8, 4) is 0 Å². The van der Waals surface area contributed by atoms with Gasteiger partial charge < -0.3 is 0 Å². The molecule has 0 saturated heterocycles. The van der Waals surface area contributed by atoms with Crippen LogP contribution in [0, 0.1) is 4.91 Å². The van der Waals surface area contributed by atoms with Crippen molar-refractivity contribution in [1.82, 2.24) is 0 Å². The topological polar surface area (TPSA) is 46.5 Å². The molecule has 1 aromatic rings. The Morgan fingerprint density at radius 1 is 1.38 bits per heavy atom. The van der Waals surface area contributed by atoms with Gasteiger partial charge in [-0.3, -0.25) is 4.79 Å². The van der Waals surface area contributed by atoms with E-state index in [2.05, 4.69) is 5.18 Å². The Bertz CT molecular complexity index is 410. The molecule has 0 aliphatic heterocycles. The first-order valence-electron chi connectivity index (χ1n) is 4.90. The first-order valence-corrected chi connectivity index (χ1v) is 5.33. The minimum atomic E-state index is -0.610. The Balaban J connectivity index is 2.65. The zero-order valence-electron chi connectivity index (χ0n) is 8.94. The van der Waals surface area contributed by atoms with Crippen LogP contribution >= 0.6 is 11.6 Å². The van der Waals surface area contributed by atoms with Gasteiger partial charge in [-0.25, -0.2) is 0 Å². The highest BCUT2D eigenvalue weighted by Crippen LogP contribution is 2.16. The van der Waals surface area contributed by atoms with Crippen LogP contribution in [-0.2, 0) is 11.2 Å². The summed E-state index contributed by atoms with van der Waals surface area (Å²) in [7, 11) is 0. The molecule has 4 heteroatoms. The smallest absolute Gasteiger partial charge is 0.269 e. The van der Waals surface area contributed by atoms with Crippen LogP contribution in [-0.4, -0.2) is 5.91 Å². The van der Waals surface area contributed by atoms with Gasteiger partial charge in [0.15, 0.2) is 0 Å². The molecule has 0 unspecified atom stereocenters. The maximum absolute atomic E-state index is 10.7. The number of nitroso groups, excluding NO2 is 1. The van der Waals surface area contributed by atoms with E-state index in [0.717, 1.165) is 16.7 Å². The number of amides is 1. The molecule has 16 heavy (non-hydrogen) atoms. The van der Waals surface area contributed by atoms with Crippen LogP contribution in [0.5, 0.6) is 0 Å². The number of nitrogens with zero attached hydrogens (tertiary/aromatic N) is 1. The molecule has 0 bridgehead atoms. The predicted octanol–water partition coefficient (Wildman–Crippen LogP) is 3.51. The van der Waals surface area contributed by atoms with Crippen molar-refractivity contribution in [3.63, 3.8) is 0 Å². The van der Waals surface area contributed by atoms with Crippen molar-refractivity contribution in [3.05, 3.63) is 45.8 Å². The fourth-order valence-corrected chi connectivity index (χ4v) is 1.42. The Morgan fingerprint density at radius 2 is 2.00 bits per heavy atom. The van der Waals surface area contributed by atoms with Crippen molar-refractivity contribution in [1.29, 1.82) is 0 Å². The molecule has 1 aromatic carbocycles. The van der Waals surface area contributed by atoms with Crippen molar-refractivity contribution < 1.29 is 4.79 Å². The van der Waals surface area contributed by atoms with Crippen molar-refractivity contribution in [2.45, 2.75) is 19.8 Å². The quantitative estimate of drug-likeness (QED) is 0.753. The summed E-state index contributed by atoms with van der Waals surface area (Å²) in [6.45, 7) is 1.92. The fourth-order valence-electron chi connectivity index (χ4n) is 1.29. The van der Waals surface area contributed by atoms with Crippen molar-refractivity contribution >= 4 is 23.1 Å². The first kappa shape index (κ1) is 12.6. The number of halogens is 1. The van der Waals surface area contributed by atoms with Gasteiger partial charge in [0, 0.05) is 17.1 Å². The van der Waals surface area contributed by atoms with Gasteiger partial charge >= 0.3 is 0 Å². The van der Waals surface area contributed by atoms with Gasteiger partial charge in [-0.05, 0) is 30.0 Å². The first-order chi connectivity index (χ1) is 7.67. The summed E-state index contributed by atoms with van der Waals surface area (Å²) < 4.78 is 0. The van der Waals surface area contributed by atoms with E-state index in [-0.39, 0.29) is 6.42 Å². The fraction of sp³-hybridized carbons (Fsp3) is 0.250. The van der Waals surface area contributed by atoms with E-state index < -0.39 is 5.91 Å². The molecule has 0 N–H and O–H groups in total. The lowest BCUT2D eigenvalue weighted by Crippen LogP contribution is -1.95. The average molecular weight is 238 g/mol. The highest BCUT2D eigenvalue weighted by Gasteiger charge is 2.02. The summed E-state index contributed by atoms with van der Waals surface area (Å²) in [4.78, 5) is 20.6. The second-order valence-corrected chi connectivity index (χ2v) is 3.69. The van der Waals surface area contributed by atoms with Crippen LogP contribution in [0.4, 0.5) is 0 Å². The molecular weight excluding hydrogens is 226 g/mol. The van der Waals surface area contributed by atoms with E-state index in [4.69, 9.17) is 11.6 Å². The molecule has 1 rings (SSSR count). The van der Waals surface area contributed by atoms with Gasteiger partial charge in [0.05, 0.1) is 0 Å². The molecule has 0 radical (unpaired) electrons. The lowest BCUT2D eigenvalue weighted by atomic mass is 10.0. The number of hydrogen-bond acceptors (Lipinski definition) is 2. The normalized spacial score (nSPS) is 11.2. The number of aryl methyl sites for hydroxylation is 1. The molecule has 1 amide bonds. The van der Waals surface area contributed by atoms with Crippen LogP contribution in [0.25, 0.3) is 5.57 Å². The molecule has 0 spiro atoms.